The lowest BCUT2D eigenvalue weighted by molar-refractivity contribution is 0.0694. The number of rotatable bonds is 7. The summed E-state index contributed by atoms with van der Waals surface area (Å²) in [7, 11) is 0. The molecule has 0 amide bonds. The molecule has 0 saturated carbocycles. The van der Waals surface area contributed by atoms with Crippen LogP contribution in [0.25, 0.3) is 0 Å². The second kappa shape index (κ2) is 7.03. The molecule has 0 saturated heterocycles. The Kier molecular flexibility index (Phi) is 5.67. The molecule has 0 spiro atoms. The fraction of sp³-hybridized carbons (Fsp3) is 0.533. The second-order valence-corrected chi connectivity index (χ2v) is 4.48. The molecule has 0 radical (unpaired) electrons. The Morgan fingerprint density at radius 2 is 1.50 bits per heavy atom. The van der Waals surface area contributed by atoms with Gasteiger partial charge in [0.1, 0.15) is 11.3 Å². The van der Waals surface area contributed by atoms with E-state index >= 15 is 0 Å². The minimum absolute atomic E-state index is 0.0530. The number of aromatic carboxylic acids is 1. The van der Waals surface area contributed by atoms with Crippen LogP contribution in [-0.4, -0.2) is 42.4 Å². The van der Waals surface area contributed by atoms with Gasteiger partial charge in [0, 0.05) is 26.2 Å². The summed E-state index contributed by atoms with van der Waals surface area (Å²) < 4.78 is 0. The predicted octanol–water partition coefficient (Wildman–Crippen LogP) is 2.78. The zero-order chi connectivity index (χ0) is 15.3. The van der Waals surface area contributed by atoms with Gasteiger partial charge in [0.05, 0.1) is 5.69 Å². The Bertz CT molecular complexity index is 466. The fourth-order valence-corrected chi connectivity index (χ4v) is 2.41. The third kappa shape index (κ3) is 2.98. The number of hydrogen-bond donors (Lipinski definition) is 2. The number of aromatic hydroxyl groups is 1. The van der Waals surface area contributed by atoms with Gasteiger partial charge in [0.15, 0.2) is 5.75 Å². The van der Waals surface area contributed by atoms with Gasteiger partial charge in [-0.05, 0) is 39.8 Å². The van der Waals surface area contributed by atoms with Crippen molar-refractivity contribution in [3.05, 3.63) is 17.7 Å². The van der Waals surface area contributed by atoms with Gasteiger partial charge in [-0.2, -0.15) is 0 Å². The third-order valence-electron chi connectivity index (χ3n) is 3.54. The predicted molar refractivity (Wildman–Crippen MR) is 82.2 cm³/mol. The molecule has 0 fully saturated rings. The molecule has 0 heterocycles. The van der Waals surface area contributed by atoms with Crippen molar-refractivity contribution in [2.24, 2.45) is 0 Å². The number of carboxylic acids is 1. The highest BCUT2D eigenvalue weighted by Crippen LogP contribution is 2.40. The van der Waals surface area contributed by atoms with E-state index in [0.717, 1.165) is 18.8 Å². The molecule has 0 atom stereocenters. The van der Waals surface area contributed by atoms with Crippen molar-refractivity contribution in [3.8, 4) is 5.75 Å². The minimum Gasteiger partial charge on any atom is -0.505 e. The van der Waals surface area contributed by atoms with Crippen LogP contribution in [0, 0.1) is 0 Å². The van der Waals surface area contributed by atoms with Gasteiger partial charge in [-0.3, -0.25) is 0 Å². The van der Waals surface area contributed by atoms with Crippen LogP contribution in [0.15, 0.2) is 12.1 Å². The first kappa shape index (κ1) is 16.1. The van der Waals surface area contributed by atoms with Gasteiger partial charge in [0.2, 0.25) is 0 Å². The number of carbonyl (C=O) groups is 1. The molecular formula is C15H24N2O3. The van der Waals surface area contributed by atoms with Crippen LogP contribution in [0.4, 0.5) is 11.4 Å². The molecule has 1 aromatic carbocycles. The highest BCUT2D eigenvalue weighted by Gasteiger charge is 2.22. The molecule has 1 aromatic rings. The number of hydrogen-bond acceptors (Lipinski definition) is 4. The van der Waals surface area contributed by atoms with Gasteiger partial charge in [-0.15, -0.1) is 0 Å². The van der Waals surface area contributed by atoms with Gasteiger partial charge >= 0.3 is 5.97 Å². The van der Waals surface area contributed by atoms with E-state index in [1.165, 1.54) is 6.07 Å². The number of phenols is 1. The maximum atomic E-state index is 11.2. The quantitative estimate of drug-likeness (QED) is 0.804. The molecular weight excluding hydrogens is 256 g/mol. The molecule has 0 aliphatic heterocycles. The minimum atomic E-state index is -1.11. The van der Waals surface area contributed by atoms with Gasteiger partial charge < -0.3 is 20.0 Å². The zero-order valence-electron chi connectivity index (χ0n) is 12.7. The Balaban J connectivity index is 3.51. The summed E-state index contributed by atoms with van der Waals surface area (Å²) in [6.07, 6.45) is 0. The lowest BCUT2D eigenvalue weighted by Gasteiger charge is -2.31. The monoisotopic (exact) mass is 280 g/mol. The number of nitrogens with zero attached hydrogens (tertiary/aromatic N) is 2. The third-order valence-corrected chi connectivity index (χ3v) is 3.54. The summed E-state index contributed by atoms with van der Waals surface area (Å²) in [6, 6.07) is 3.25. The van der Waals surface area contributed by atoms with Crippen molar-refractivity contribution in [2.75, 3.05) is 36.0 Å². The van der Waals surface area contributed by atoms with Gasteiger partial charge in [0.25, 0.3) is 0 Å². The van der Waals surface area contributed by atoms with E-state index in [0.29, 0.717) is 18.8 Å². The first-order chi connectivity index (χ1) is 9.51. The SMILES string of the molecule is CCN(CC)c1ccc(C(=O)O)c(O)c1N(CC)CC. The standard InChI is InChI=1S/C15H24N2O3/c1-5-16(6-2)12-10-9-11(15(19)20)14(18)13(12)17(7-3)8-4/h9-10,18H,5-8H2,1-4H3,(H,19,20). The number of anilines is 2. The fourth-order valence-electron chi connectivity index (χ4n) is 2.41. The first-order valence-corrected chi connectivity index (χ1v) is 7.10. The van der Waals surface area contributed by atoms with Crippen LogP contribution < -0.4 is 9.80 Å². The number of benzene rings is 1. The van der Waals surface area contributed by atoms with Crippen molar-refractivity contribution < 1.29 is 15.0 Å². The smallest absolute Gasteiger partial charge is 0.339 e. The topological polar surface area (TPSA) is 64.0 Å². The van der Waals surface area contributed by atoms with Crippen molar-refractivity contribution in [2.45, 2.75) is 27.7 Å². The maximum Gasteiger partial charge on any atom is 0.339 e. The molecule has 0 aromatic heterocycles. The second-order valence-electron chi connectivity index (χ2n) is 4.48. The average molecular weight is 280 g/mol. The zero-order valence-corrected chi connectivity index (χ0v) is 12.7. The number of carboxylic acid groups (broad SMARTS) is 1. The molecule has 0 aliphatic rings. The Hall–Kier alpha value is -1.91. The van der Waals surface area contributed by atoms with Gasteiger partial charge in [-0.25, -0.2) is 4.79 Å². The van der Waals surface area contributed by atoms with Gasteiger partial charge in [-0.1, -0.05) is 0 Å². The molecule has 5 heteroatoms. The molecule has 0 aliphatic carbocycles. The lowest BCUT2D eigenvalue weighted by atomic mass is 10.1. The highest BCUT2D eigenvalue weighted by atomic mass is 16.4. The summed E-state index contributed by atoms with van der Waals surface area (Å²) in [4.78, 5) is 15.3. The Morgan fingerprint density at radius 1 is 1.00 bits per heavy atom. The van der Waals surface area contributed by atoms with Crippen LogP contribution >= 0.6 is 0 Å². The molecule has 2 N–H and O–H groups in total. The highest BCUT2D eigenvalue weighted by molar-refractivity contribution is 5.96. The lowest BCUT2D eigenvalue weighted by Crippen LogP contribution is -2.28. The van der Waals surface area contributed by atoms with Crippen LogP contribution in [0.2, 0.25) is 0 Å². The summed E-state index contributed by atoms with van der Waals surface area (Å²) in [5.74, 6) is -1.26. The van der Waals surface area contributed by atoms with Crippen LogP contribution in [0.1, 0.15) is 38.1 Å². The van der Waals surface area contributed by atoms with Crippen molar-refractivity contribution in [1.82, 2.24) is 0 Å². The van der Waals surface area contributed by atoms with E-state index in [-0.39, 0.29) is 11.3 Å². The van der Waals surface area contributed by atoms with E-state index in [2.05, 4.69) is 4.90 Å². The van der Waals surface area contributed by atoms with E-state index < -0.39 is 5.97 Å². The van der Waals surface area contributed by atoms with Crippen LogP contribution in [0.3, 0.4) is 0 Å². The first-order valence-electron chi connectivity index (χ1n) is 7.10. The van der Waals surface area contributed by atoms with Crippen molar-refractivity contribution in [1.29, 1.82) is 0 Å². The molecule has 1 rings (SSSR count). The van der Waals surface area contributed by atoms with Crippen molar-refractivity contribution in [3.63, 3.8) is 0 Å². The molecule has 20 heavy (non-hydrogen) atoms. The maximum absolute atomic E-state index is 11.2. The molecule has 0 bridgehead atoms. The van der Waals surface area contributed by atoms with E-state index in [4.69, 9.17) is 5.11 Å². The van der Waals surface area contributed by atoms with E-state index in [9.17, 15) is 9.90 Å². The summed E-state index contributed by atoms with van der Waals surface area (Å²) >= 11 is 0. The molecule has 5 nitrogen and oxygen atoms in total. The average Bonchev–Trinajstić information content (AvgIpc) is 2.43. The van der Waals surface area contributed by atoms with Crippen LogP contribution in [-0.2, 0) is 0 Å². The van der Waals surface area contributed by atoms with E-state index in [1.807, 2.05) is 32.6 Å². The summed E-state index contributed by atoms with van der Waals surface area (Å²) in [5.41, 5.74) is 1.43. The Morgan fingerprint density at radius 3 is 1.90 bits per heavy atom. The molecule has 0 unspecified atom stereocenters. The molecule has 112 valence electrons. The summed E-state index contributed by atoms with van der Waals surface area (Å²) in [6.45, 7) is 11.1. The van der Waals surface area contributed by atoms with Crippen LogP contribution in [0.5, 0.6) is 5.75 Å². The Labute approximate surface area is 120 Å². The van der Waals surface area contributed by atoms with E-state index in [1.54, 1.807) is 6.07 Å². The normalized spacial score (nSPS) is 10.4. The van der Waals surface area contributed by atoms with Crippen molar-refractivity contribution >= 4 is 17.3 Å². The summed E-state index contributed by atoms with van der Waals surface area (Å²) in [5, 5.41) is 19.5. The largest absolute Gasteiger partial charge is 0.505 e.